The fraction of sp³-hybridized carbons (Fsp3) is 0.462. The van der Waals surface area contributed by atoms with Crippen LogP contribution in [0.4, 0.5) is 0 Å². The third-order valence-corrected chi connectivity index (χ3v) is 5.60. The van der Waals surface area contributed by atoms with Gasteiger partial charge in [-0.25, -0.2) is 18.1 Å². The smallest absolute Gasteiger partial charge is 0.242 e. The molecule has 6 nitrogen and oxygen atoms in total. The van der Waals surface area contributed by atoms with Crippen molar-refractivity contribution in [2.45, 2.75) is 44.3 Å². The van der Waals surface area contributed by atoms with E-state index in [1.807, 2.05) is 13.8 Å². The van der Waals surface area contributed by atoms with Crippen molar-refractivity contribution < 1.29 is 8.42 Å². The first-order valence-corrected chi connectivity index (χ1v) is 9.08. The Bertz CT molecular complexity index is 662. The summed E-state index contributed by atoms with van der Waals surface area (Å²) in [7, 11) is -3.56. The van der Waals surface area contributed by atoms with E-state index in [2.05, 4.69) is 20.0 Å². The molecule has 8 heteroatoms. The second-order valence-corrected chi connectivity index (χ2v) is 7.74. The molecule has 116 valence electrons. The van der Waals surface area contributed by atoms with Gasteiger partial charge in [0.15, 0.2) is 0 Å². The van der Waals surface area contributed by atoms with Crippen LogP contribution in [0, 0.1) is 0 Å². The summed E-state index contributed by atoms with van der Waals surface area (Å²) in [5.74, 6) is 0.593. The van der Waals surface area contributed by atoms with Gasteiger partial charge in [-0.1, -0.05) is 13.8 Å². The van der Waals surface area contributed by atoms with Crippen molar-refractivity contribution in [3.8, 4) is 0 Å². The summed E-state index contributed by atoms with van der Waals surface area (Å²) in [6.45, 7) is 6.35. The van der Waals surface area contributed by atoms with Crippen LogP contribution >= 0.6 is 11.3 Å². The number of imidazole rings is 1. The number of sulfonamides is 1. The molecule has 21 heavy (non-hydrogen) atoms. The van der Waals surface area contributed by atoms with Gasteiger partial charge in [-0.15, -0.1) is 11.3 Å². The van der Waals surface area contributed by atoms with Gasteiger partial charge in [-0.05, 0) is 18.4 Å². The Labute approximate surface area is 129 Å². The van der Waals surface area contributed by atoms with Crippen molar-refractivity contribution in [2.75, 3.05) is 0 Å². The van der Waals surface area contributed by atoms with Crippen molar-refractivity contribution in [1.29, 1.82) is 0 Å². The standard InChI is InChI=1S/C13H20N4O2S2/c1-9(2)16-8-11-12(4-7-20-11)21(18,19)17-10(3)13-14-5-6-15-13/h4-7,9-10,16-17H,8H2,1-3H3,(H,14,15). The van der Waals surface area contributed by atoms with Crippen molar-refractivity contribution in [1.82, 2.24) is 20.0 Å². The molecule has 1 atom stereocenters. The highest BCUT2D eigenvalue weighted by atomic mass is 32.2. The van der Waals surface area contributed by atoms with Crippen LogP contribution in [0.1, 0.15) is 37.5 Å². The van der Waals surface area contributed by atoms with Gasteiger partial charge >= 0.3 is 0 Å². The molecule has 0 fully saturated rings. The van der Waals surface area contributed by atoms with E-state index in [0.29, 0.717) is 23.3 Å². The van der Waals surface area contributed by atoms with Gasteiger partial charge in [-0.2, -0.15) is 0 Å². The zero-order chi connectivity index (χ0) is 15.5. The van der Waals surface area contributed by atoms with Gasteiger partial charge in [0.1, 0.15) is 5.82 Å². The molecule has 3 N–H and O–H groups in total. The summed E-state index contributed by atoms with van der Waals surface area (Å²) in [6.07, 6.45) is 3.27. The van der Waals surface area contributed by atoms with Crippen LogP contribution in [0.3, 0.4) is 0 Å². The van der Waals surface area contributed by atoms with E-state index < -0.39 is 16.1 Å². The third-order valence-electron chi connectivity index (χ3n) is 2.93. The molecule has 1 unspecified atom stereocenters. The molecule has 0 amide bonds. The maximum atomic E-state index is 12.5. The molecule has 0 spiro atoms. The van der Waals surface area contributed by atoms with E-state index in [9.17, 15) is 8.42 Å². The van der Waals surface area contributed by atoms with E-state index in [4.69, 9.17) is 0 Å². The number of hydrogen-bond acceptors (Lipinski definition) is 5. The predicted octanol–water partition coefficient (Wildman–Crippen LogP) is 2.01. The van der Waals surface area contributed by atoms with Crippen LogP contribution in [0.5, 0.6) is 0 Å². The minimum atomic E-state index is -3.56. The molecule has 0 radical (unpaired) electrons. The zero-order valence-electron chi connectivity index (χ0n) is 12.3. The van der Waals surface area contributed by atoms with Crippen LogP contribution in [-0.2, 0) is 16.6 Å². The minimum Gasteiger partial charge on any atom is -0.347 e. The fourth-order valence-electron chi connectivity index (χ4n) is 1.86. The highest BCUT2D eigenvalue weighted by molar-refractivity contribution is 7.89. The Balaban J connectivity index is 2.14. The summed E-state index contributed by atoms with van der Waals surface area (Å²) >= 11 is 1.44. The number of H-pyrrole nitrogens is 1. The minimum absolute atomic E-state index is 0.303. The SMILES string of the molecule is CC(C)NCc1sccc1S(=O)(=O)NC(C)c1ncc[nH]1. The summed E-state index contributed by atoms with van der Waals surface area (Å²) in [4.78, 5) is 8.12. The number of aromatic nitrogens is 2. The summed E-state index contributed by atoms with van der Waals surface area (Å²) < 4.78 is 27.6. The van der Waals surface area contributed by atoms with Gasteiger partial charge in [0.05, 0.1) is 10.9 Å². The first kappa shape index (κ1) is 16.2. The molecule has 0 bridgehead atoms. The second-order valence-electron chi connectivity index (χ2n) is 5.06. The average molecular weight is 328 g/mol. The maximum absolute atomic E-state index is 12.5. The molecular weight excluding hydrogens is 308 g/mol. The van der Waals surface area contributed by atoms with Crippen LogP contribution in [-0.4, -0.2) is 24.4 Å². The van der Waals surface area contributed by atoms with E-state index in [-0.39, 0.29) is 0 Å². The lowest BCUT2D eigenvalue weighted by atomic mass is 10.3. The average Bonchev–Trinajstić information content (AvgIpc) is 3.07. The molecule has 0 aliphatic carbocycles. The summed E-state index contributed by atoms with van der Waals surface area (Å²) in [6, 6.07) is 1.53. The molecule has 0 aliphatic rings. The van der Waals surface area contributed by atoms with Crippen LogP contribution in [0.2, 0.25) is 0 Å². The molecule has 0 aliphatic heterocycles. The Hall–Kier alpha value is -1.22. The van der Waals surface area contributed by atoms with Gasteiger partial charge in [-0.3, -0.25) is 0 Å². The molecule has 2 rings (SSSR count). The lowest BCUT2D eigenvalue weighted by molar-refractivity contribution is 0.556. The first-order valence-electron chi connectivity index (χ1n) is 6.71. The Morgan fingerprint density at radius 2 is 2.14 bits per heavy atom. The van der Waals surface area contributed by atoms with E-state index in [1.165, 1.54) is 11.3 Å². The number of nitrogens with zero attached hydrogens (tertiary/aromatic N) is 1. The predicted molar refractivity (Wildman–Crippen MR) is 83.6 cm³/mol. The molecule has 0 saturated carbocycles. The van der Waals surface area contributed by atoms with Gasteiger partial charge in [0.2, 0.25) is 10.0 Å². The molecular formula is C13H20N4O2S2. The first-order chi connectivity index (χ1) is 9.90. The van der Waals surface area contributed by atoms with Crippen molar-refractivity contribution in [2.24, 2.45) is 0 Å². The zero-order valence-corrected chi connectivity index (χ0v) is 13.9. The number of hydrogen-bond donors (Lipinski definition) is 3. The molecule has 2 aromatic rings. The maximum Gasteiger partial charge on any atom is 0.242 e. The fourth-order valence-corrected chi connectivity index (χ4v) is 4.46. The highest BCUT2D eigenvalue weighted by Gasteiger charge is 2.23. The topological polar surface area (TPSA) is 86.9 Å². The van der Waals surface area contributed by atoms with E-state index in [1.54, 1.807) is 30.8 Å². The Kier molecular flexibility index (Phi) is 5.15. The van der Waals surface area contributed by atoms with Crippen molar-refractivity contribution in [3.63, 3.8) is 0 Å². The molecule has 0 aromatic carbocycles. The number of thiophene rings is 1. The highest BCUT2D eigenvalue weighted by Crippen LogP contribution is 2.23. The van der Waals surface area contributed by atoms with Gasteiger partial charge < -0.3 is 10.3 Å². The molecule has 2 heterocycles. The molecule has 2 aromatic heterocycles. The quantitative estimate of drug-likeness (QED) is 0.725. The van der Waals surface area contributed by atoms with Crippen molar-refractivity contribution in [3.05, 3.63) is 34.5 Å². The van der Waals surface area contributed by atoms with Crippen LogP contribution < -0.4 is 10.0 Å². The largest absolute Gasteiger partial charge is 0.347 e. The normalized spacial score (nSPS) is 13.7. The number of rotatable bonds is 7. The monoisotopic (exact) mass is 328 g/mol. The molecule has 0 saturated heterocycles. The van der Waals surface area contributed by atoms with Crippen molar-refractivity contribution >= 4 is 21.4 Å². The van der Waals surface area contributed by atoms with E-state index >= 15 is 0 Å². The lowest BCUT2D eigenvalue weighted by Gasteiger charge is -2.13. The van der Waals surface area contributed by atoms with Gasteiger partial charge in [0.25, 0.3) is 0 Å². The lowest BCUT2D eigenvalue weighted by Crippen LogP contribution is -2.29. The number of aromatic amines is 1. The van der Waals surface area contributed by atoms with E-state index in [0.717, 1.165) is 4.88 Å². The summed E-state index contributed by atoms with van der Waals surface area (Å²) in [5.41, 5.74) is 0. The summed E-state index contributed by atoms with van der Waals surface area (Å²) in [5, 5.41) is 5.04. The third kappa shape index (κ3) is 4.13. The Morgan fingerprint density at radius 1 is 1.38 bits per heavy atom. The van der Waals surface area contributed by atoms with Gasteiger partial charge in [0, 0.05) is 29.9 Å². The Morgan fingerprint density at radius 3 is 2.76 bits per heavy atom. The number of nitrogens with one attached hydrogen (secondary N) is 3. The van der Waals surface area contributed by atoms with Crippen LogP contribution in [0.15, 0.2) is 28.7 Å². The second kappa shape index (κ2) is 6.69. The van der Waals surface area contributed by atoms with Crippen LogP contribution in [0.25, 0.3) is 0 Å².